The van der Waals surface area contributed by atoms with Crippen molar-refractivity contribution >= 4 is 37.2 Å². The molecule has 0 aliphatic carbocycles. The van der Waals surface area contributed by atoms with Gasteiger partial charge in [0.1, 0.15) is 23.9 Å². The number of hydrogen-bond acceptors (Lipinski definition) is 8. The third-order valence-corrected chi connectivity index (χ3v) is 9.46. The molecule has 0 atom stereocenters. The summed E-state index contributed by atoms with van der Waals surface area (Å²) in [7, 11) is -5.46. The van der Waals surface area contributed by atoms with Crippen molar-refractivity contribution < 1.29 is 59.2 Å². The number of sulfone groups is 1. The summed E-state index contributed by atoms with van der Waals surface area (Å²) in [5, 5.41) is 17.8. The van der Waals surface area contributed by atoms with Gasteiger partial charge in [0, 0.05) is 16.6 Å². The van der Waals surface area contributed by atoms with Crippen LogP contribution >= 0.6 is 11.3 Å². The Balaban J connectivity index is 0.000000617. The van der Waals surface area contributed by atoms with Crippen molar-refractivity contribution in [1.82, 2.24) is 4.90 Å². The van der Waals surface area contributed by atoms with Crippen molar-refractivity contribution in [2.75, 3.05) is 26.2 Å². The maximum absolute atomic E-state index is 13.0. The molecular weight excluding hydrogens is 664 g/mol. The van der Waals surface area contributed by atoms with Crippen LogP contribution in [0, 0.1) is 0 Å². The molecule has 1 aliphatic heterocycles. The van der Waals surface area contributed by atoms with Gasteiger partial charge in [-0.15, -0.1) is 11.3 Å². The smallest absolute Gasteiger partial charge is 0.501 e. The molecule has 0 unspecified atom stereocenters. The molecule has 1 aliphatic rings. The van der Waals surface area contributed by atoms with Crippen LogP contribution in [0.2, 0.25) is 0 Å². The van der Waals surface area contributed by atoms with Crippen molar-refractivity contribution in [3.63, 3.8) is 0 Å². The lowest BCUT2D eigenvalue weighted by Crippen LogP contribution is -2.33. The predicted molar refractivity (Wildman–Crippen MR) is 158 cm³/mol. The monoisotopic (exact) mass is 691 g/mol. The second-order valence-electron chi connectivity index (χ2n) is 10.0. The van der Waals surface area contributed by atoms with Crippen molar-refractivity contribution in [2.45, 2.75) is 35.8 Å². The second-order valence-corrected chi connectivity index (χ2v) is 13.0. The molecule has 0 radical (unpaired) electrons. The highest BCUT2D eigenvalue weighted by atomic mass is 32.2. The summed E-state index contributed by atoms with van der Waals surface area (Å²) in [4.78, 5) is 11.0. The van der Waals surface area contributed by atoms with Gasteiger partial charge in [-0.1, -0.05) is 18.6 Å². The Morgan fingerprint density at radius 1 is 0.870 bits per heavy atom. The Morgan fingerprint density at radius 3 is 2.02 bits per heavy atom. The van der Waals surface area contributed by atoms with Crippen LogP contribution in [0.25, 0.3) is 20.5 Å². The van der Waals surface area contributed by atoms with E-state index in [9.17, 15) is 39.9 Å². The highest BCUT2D eigenvalue weighted by Crippen LogP contribution is 2.47. The highest BCUT2D eigenvalue weighted by Gasteiger charge is 2.46. The second kappa shape index (κ2) is 14.2. The summed E-state index contributed by atoms with van der Waals surface area (Å²) >= 11 is 1.27. The maximum atomic E-state index is 13.0. The lowest BCUT2D eigenvalue weighted by molar-refractivity contribution is -0.192. The summed E-state index contributed by atoms with van der Waals surface area (Å²) in [5.74, 6) is -1.03. The zero-order chi connectivity index (χ0) is 33.7. The van der Waals surface area contributed by atoms with Gasteiger partial charge in [-0.05, 0) is 86.1 Å². The van der Waals surface area contributed by atoms with Gasteiger partial charge in [0.2, 0.25) is 0 Å². The Hall–Kier alpha value is -4.02. The summed E-state index contributed by atoms with van der Waals surface area (Å²) in [5.41, 5.74) is -4.91. The first-order chi connectivity index (χ1) is 21.6. The molecule has 1 fully saturated rings. The summed E-state index contributed by atoms with van der Waals surface area (Å²) in [6.45, 7) is 3.67. The average Bonchev–Trinajstić information content (AvgIpc) is 3.35. The zero-order valence-electron chi connectivity index (χ0n) is 23.8. The van der Waals surface area contributed by atoms with E-state index in [1.165, 1.54) is 48.8 Å². The number of aromatic hydroxyl groups is 1. The van der Waals surface area contributed by atoms with E-state index < -0.39 is 32.4 Å². The fourth-order valence-corrected chi connectivity index (χ4v) is 6.40. The van der Waals surface area contributed by atoms with E-state index in [1.807, 2.05) is 12.1 Å². The number of halogens is 6. The number of hydrogen-bond donors (Lipinski definition) is 2. The lowest BCUT2D eigenvalue weighted by atomic mass is 10.1. The zero-order valence-corrected chi connectivity index (χ0v) is 25.4. The number of carboxylic acid groups (broad SMARTS) is 1. The molecule has 2 N–H and O–H groups in total. The summed E-state index contributed by atoms with van der Waals surface area (Å²) in [6.07, 6.45) is -1.35. The third-order valence-electron chi connectivity index (χ3n) is 6.77. The van der Waals surface area contributed by atoms with Gasteiger partial charge in [-0.25, -0.2) is 13.2 Å². The minimum atomic E-state index is -5.46. The Morgan fingerprint density at radius 2 is 1.46 bits per heavy atom. The molecule has 0 bridgehead atoms. The van der Waals surface area contributed by atoms with Crippen LogP contribution < -0.4 is 9.47 Å². The molecule has 0 spiro atoms. The van der Waals surface area contributed by atoms with Gasteiger partial charge in [0.25, 0.3) is 9.84 Å². The van der Waals surface area contributed by atoms with E-state index in [4.69, 9.17) is 19.4 Å². The van der Waals surface area contributed by atoms with Crippen LogP contribution in [0.5, 0.6) is 23.0 Å². The highest BCUT2D eigenvalue weighted by molar-refractivity contribution is 7.92. The quantitative estimate of drug-likeness (QED) is 0.180. The molecule has 1 saturated heterocycles. The Labute approximate surface area is 263 Å². The van der Waals surface area contributed by atoms with Crippen LogP contribution in [-0.2, 0) is 14.6 Å². The van der Waals surface area contributed by atoms with E-state index >= 15 is 0 Å². The molecule has 5 rings (SSSR count). The molecule has 8 nitrogen and oxygen atoms in total. The summed E-state index contributed by atoms with van der Waals surface area (Å²) < 4.78 is 107. The van der Waals surface area contributed by atoms with E-state index in [1.54, 1.807) is 24.3 Å². The largest absolute Gasteiger partial charge is 0.508 e. The average molecular weight is 692 g/mol. The van der Waals surface area contributed by atoms with E-state index in [0.29, 0.717) is 44.4 Å². The molecule has 16 heteroatoms. The number of nitrogens with zero attached hydrogens (tertiary/aromatic N) is 1. The summed E-state index contributed by atoms with van der Waals surface area (Å²) in [6, 6.07) is 16.4. The number of rotatable bonds is 8. The van der Waals surface area contributed by atoms with Crippen LogP contribution in [0.3, 0.4) is 0 Å². The number of phenols is 1. The number of alkyl halides is 6. The number of phenolic OH excluding ortho intramolecular Hbond substituents is 1. The van der Waals surface area contributed by atoms with Crippen LogP contribution in [0.15, 0.2) is 71.6 Å². The first-order valence-electron chi connectivity index (χ1n) is 13.7. The molecule has 248 valence electrons. The predicted octanol–water partition coefficient (Wildman–Crippen LogP) is 7.86. The van der Waals surface area contributed by atoms with E-state index in [2.05, 4.69) is 4.90 Å². The van der Waals surface area contributed by atoms with Crippen LogP contribution in [-0.4, -0.2) is 67.4 Å². The number of thiophene rings is 1. The molecule has 46 heavy (non-hydrogen) atoms. The van der Waals surface area contributed by atoms with Crippen molar-refractivity contribution in [3.8, 4) is 33.4 Å². The number of likely N-dealkylation sites (tertiary alicyclic amines) is 1. The van der Waals surface area contributed by atoms with Gasteiger partial charge in [0.15, 0.2) is 5.75 Å². The fourth-order valence-electron chi connectivity index (χ4n) is 4.47. The van der Waals surface area contributed by atoms with Gasteiger partial charge in [-0.3, -0.25) is 4.90 Å². The number of ether oxygens (including phenoxy) is 2. The molecule has 0 saturated carbocycles. The molecule has 3 aromatic carbocycles. The van der Waals surface area contributed by atoms with Crippen LogP contribution in [0.1, 0.15) is 19.3 Å². The lowest BCUT2D eigenvalue weighted by Gasteiger charge is -2.26. The van der Waals surface area contributed by atoms with E-state index in [-0.39, 0.29) is 5.75 Å². The third kappa shape index (κ3) is 8.61. The van der Waals surface area contributed by atoms with Crippen LogP contribution in [0.4, 0.5) is 26.3 Å². The molecule has 4 aromatic rings. The minimum absolute atomic E-state index is 0.0551. The van der Waals surface area contributed by atoms with Gasteiger partial charge in [-0.2, -0.15) is 26.3 Å². The Bertz CT molecular complexity index is 1750. The van der Waals surface area contributed by atoms with Crippen molar-refractivity contribution in [2.24, 2.45) is 0 Å². The maximum Gasteiger partial charge on any atom is 0.501 e. The van der Waals surface area contributed by atoms with E-state index in [0.717, 1.165) is 31.8 Å². The van der Waals surface area contributed by atoms with Crippen molar-refractivity contribution in [1.29, 1.82) is 0 Å². The number of carboxylic acids is 1. The molecule has 2 heterocycles. The number of aliphatic carboxylic acids is 1. The SMILES string of the molecule is O=C(O)C(F)(F)F.O=S(=O)(c1ccc(-c2sc3cc(O)ccc3c2Oc2ccc(OCCN3CCCCC3)cc2)cc1)C(F)(F)F. The fraction of sp³-hybridized carbons (Fsp3) is 0.300. The number of piperidine rings is 1. The number of carbonyl (C=O) groups is 1. The molecule has 0 amide bonds. The van der Waals surface area contributed by atoms with Crippen molar-refractivity contribution in [3.05, 3.63) is 66.7 Å². The van der Waals surface area contributed by atoms with Gasteiger partial charge in [0.05, 0.1) is 9.77 Å². The standard InChI is InChI=1S/C28H26F3NO5S2.C2HF3O2/c29-28(30,31)39(34,35)23-11-4-19(5-12-23)27-26(24-13-6-20(33)18-25(24)38-27)37-22-9-7-21(8-10-22)36-17-16-32-14-2-1-3-15-32;3-2(4,5)1(6)7/h4-13,18,33H,1-3,14-17H2;(H,6,7). The Kier molecular flexibility index (Phi) is 10.7. The topological polar surface area (TPSA) is 113 Å². The normalized spacial score (nSPS) is 14.4. The minimum Gasteiger partial charge on any atom is -0.508 e. The number of benzene rings is 3. The first kappa shape index (κ1) is 34.8. The van der Waals surface area contributed by atoms with Gasteiger partial charge < -0.3 is 19.7 Å². The molecule has 1 aromatic heterocycles. The van der Waals surface area contributed by atoms with Gasteiger partial charge >= 0.3 is 17.7 Å². The molecular formula is C30H27F6NO7S2. The number of fused-ring (bicyclic) bond motifs is 1. The first-order valence-corrected chi connectivity index (χ1v) is 16.0.